The lowest BCUT2D eigenvalue weighted by Gasteiger charge is -2.17. The molecule has 1 N–H and O–H groups in total. The van der Waals surface area contributed by atoms with Crippen molar-refractivity contribution < 1.29 is 23.5 Å². The summed E-state index contributed by atoms with van der Waals surface area (Å²) in [6.45, 7) is 1.54. The zero-order valence-corrected chi connectivity index (χ0v) is 13.8. The fourth-order valence-corrected chi connectivity index (χ4v) is 2.14. The van der Waals surface area contributed by atoms with Gasteiger partial charge in [0.05, 0.1) is 17.8 Å². The number of amides is 1. The average molecular weight is 352 g/mol. The van der Waals surface area contributed by atoms with E-state index in [2.05, 4.69) is 5.32 Å². The number of hydrogen-bond acceptors (Lipinski definition) is 4. The molecule has 24 heavy (non-hydrogen) atoms. The zero-order chi connectivity index (χ0) is 17.7. The van der Waals surface area contributed by atoms with E-state index in [0.717, 1.165) is 6.07 Å². The topological polar surface area (TPSA) is 64.6 Å². The molecular weight excluding hydrogens is 337 g/mol. The number of aldehydes is 1. The predicted molar refractivity (Wildman–Crippen MR) is 88.5 cm³/mol. The number of rotatable bonds is 6. The van der Waals surface area contributed by atoms with E-state index in [1.54, 1.807) is 13.0 Å². The number of carbonyl (C=O) groups is 2. The monoisotopic (exact) mass is 351 g/mol. The van der Waals surface area contributed by atoms with Crippen LogP contribution in [0.25, 0.3) is 0 Å². The minimum atomic E-state index is -0.873. The largest absolute Gasteiger partial charge is 0.493 e. The molecule has 0 aliphatic carbocycles. The van der Waals surface area contributed by atoms with Gasteiger partial charge in [0.1, 0.15) is 12.1 Å². The lowest BCUT2D eigenvalue weighted by atomic mass is 10.2. The Kier molecular flexibility index (Phi) is 5.76. The van der Waals surface area contributed by atoms with Crippen LogP contribution in [-0.4, -0.2) is 25.4 Å². The van der Waals surface area contributed by atoms with Crippen molar-refractivity contribution in [2.75, 3.05) is 12.4 Å². The van der Waals surface area contributed by atoms with E-state index in [1.165, 1.54) is 31.4 Å². The number of carbonyl (C=O) groups excluding carboxylic acids is 2. The van der Waals surface area contributed by atoms with E-state index in [1.807, 2.05) is 0 Å². The third-order valence-electron chi connectivity index (χ3n) is 3.19. The SMILES string of the molecule is COc1cc(C=O)ccc1O[C@@H](C)C(=O)Nc1ccc(F)cc1Cl. The van der Waals surface area contributed by atoms with Crippen LogP contribution in [0.15, 0.2) is 36.4 Å². The molecule has 0 aliphatic heterocycles. The zero-order valence-electron chi connectivity index (χ0n) is 13.0. The molecule has 1 atom stereocenters. The molecule has 2 aromatic rings. The second-order valence-electron chi connectivity index (χ2n) is 4.90. The second kappa shape index (κ2) is 7.79. The first-order valence-corrected chi connectivity index (χ1v) is 7.38. The maximum absolute atomic E-state index is 13.0. The van der Waals surface area contributed by atoms with Crippen LogP contribution in [0.1, 0.15) is 17.3 Å². The van der Waals surface area contributed by atoms with Gasteiger partial charge in [-0.15, -0.1) is 0 Å². The Morgan fingerprint density at radius 1 is 1.25 bits per heavy atom. The van der Waals surface area contributed by atoms with E-state index in [9.17, 15) is 14.0 Å². The minimum Gasteiger partial charge on any atom is -0.493 e. The molecule has 0 bridgehead atoms. The molecule has 0 spiro atoms. The molecule has 7 heteroatoms. The third kappa shape index (κ3) is 4.23. The first-order valence-electron chi connectivity index (χ1n) is 7.00. The smallest absolute Gasteiger partial charge is 0.265 e. The van der Waals surface area contributed by atoms with E-state index in [-0.39, 0.29) is 10.7 Å². The van der Waals surface area contributed by atoms with Gasteiger partial charge in [-0.3, -0.25) is 9.59 Å². The van der Waals surface area contributed by atoms with Crippen LogP contribution in [0.2, 0.25) is 5.02 Å². The van der Waals surface area contributed by atoms with Crippen molar-refractivity contribution in [2.45, 2.75) is 13.0 Å². The maximum atomic E-state index is 13.0. The molecular formula is C17H15ClFNO4. The summed E-state index contributed by atoms with van der Waals surface area (Å²) in [7, 11) is 1.43. The number of hydrogen-bond donors (Lipinski definition) is 1. The number of benzene rings is 2. The molecule has 0 radical (unpaired) electrons. The van der Waals surface area contributed by atoms with Gasteiger partial charge in [-0.2, -0.15) is 0 Å². The first-order chi connectivity index (χ1) is 11.4. The van der Waals surface area contributed by atoms with Gasteiger partial charge in [0.15, 0.2) is 17.6 Å². The predicted octanol–water partition coefficient (Wildman–Crippen LogP) is 3.71. The molecule has 0 aliphatic rings. The Morgan fingerprint density at radius 2 is 2.00 bits per heavy atom. The molecule has 0 heterocycles. The highest BCUT2D eigenvalue weighted by Gasteiger charge is 2.18. The maximum Gasteiger partial charge on any atom is 0.265 e. The summed E-state index contributed by atoms with van der Waals surface area (Å²) in [6, 6.07) is 8.24. The molecule has 2 aromatic carbocycles. The van der Waals surface area contributed by atoms with Crippen molar-refractivity contribution in [3.05, 3.63) is 52.8 Å². The van der Waals surface area contributed by atoms with Crippen molar-refractivity contribution in [1.29, 1.82) is 0 Å². The van der Waals surface area contributed by atoms with Crippen molar-refractivity contribution in [2.24, 2.45) is 0 Å². The summed E-state index contributed by atoms with van der Waals surface area (Å²) in [5.41, 5.74) is 0.705. The summed E-state index contributed by atoms with van der Waals surface area (Å²) < 4.78 is 23.7. The molecule has 126 valence electrons. The minimum absolute atomic E-state index is 0.0865. The van der Waals surface area contributed by atoms with Crippen LogP contribution in [0.4, 0.5) is 10.1 Å². The van der Waals surface area contributed by atoms with Crippen LogP contribution in [0.5, 0.6) is 11.5 Å². The molecule has 1 amide bonds. The normalized spacial score (nSPS) is 11.5. The molecule has 0 fully saturated rings. The second-order valence-corrected chi connectivity index (χ2v) is 5.31. The highest BCUT2D eigenvalue weighted by molar-refractivity contribution is 6.33. The van der Waals surface area contributed by atoms with Crippen LogP contribution in [0.3, 0.4) is 0 Å². The fraction of sp³-hybridized carbons (Fsp3) is 0.176. The van der Waals surface area contributed by atoms with Gasteiger partial charge in [-0.1, -0.05) is 11.6 Å². The molecule has 0 saturated heterocycles. The lowest BCUT2D eigenvalue weighted by molar-refractivity contribution is -0.122. The van der Waals surface area contributed by atoms with E-state index in [0.29, 0.717) is 23.3 Å². The van der Waals surface area contributed by atoms with Crippen LogP contribution in [0, 0.1) is 5.82 Å². The first kappa shape index (κ1) is 17.7. The standard InChI is InChI=1S/C17H15ClFNO4/c1-10(17(22)20-14-5-4-12(19)8-13(14)18)24-15-6-3-11(9-21)7-16(15)23-2/h3-10H,1-2H3,(H,20,22)/t10-/m0/s1. The number of nitrogens with one attached hydrogen (secondary N) is 1. The van der Waals surface area contributed by atoms with Crippen molar-refractivity contribution in [1.82, 2.24) is 0 Å². The summed E-state index contributed by atoms with van der Waals surface area (Å²) in [5.74, 6) is -0.317. The Labute approximate surface area is 143 Å². The quantitative estimate of drug-likeness (QED) is 0.806. The summed E-state index contributed by atoms with van der Waals surface area (Å²) in [4.78, 5) is 23.0. The van der Waals surface area contributed by atoms with Gasteiger partial charge in [0.25, 0.3) is 5.91 Å². The molecule has 0 saturated carbocycles. The lowest BCUT2D eigenvalue weighted by Crippen LogP contribution is -2.30. The van der Waals surface area contributed by atoms with Gasteiger partial charge in [-0.05, 0) is 43.3 Å². The number of methoxy groups -OCH3 is 1. The van der Waals surface area contributed by atoms with Crippen molar-refractivity contribution >= 4 is 29.5 Å². The van der Waals surface area contributed by atoms with Crippen LogP contribution in [-0.2, 0) is 4.79 Å². The van der Waals surface area contributed by atoms with Crippen LogP contribution >= 0.6 is 11.6 Å². The van der Waals surface area contributed by atoms with Gasteiger partial charge >= 0.3 is 0 Å². The van der Waals surface area contributed by atoms with Gasteiger partial charge in [-0.25, -0.2) is 4.39 Å². The highest BCUT2D eigenvalue weighted by atomic mass is 35.5. The average Bonchev–Trinajstić information content (AvgIpc) is 2.57. The van der Waals surface area contributed by atoms with Gasteiger partial charge in [0.2, 0.25) is 0 Å². The number of anilines is 1. The summed E-state index contributed by atoms with van der Waals surface area (Å²) in [5, 5.41) is 2.64. The highest BCUT2D eigenvalue weighted by Crippen LogP contribution is 2.29. The molecule has 2 rings (SSSR count). The van der Waals surface area contributed by atoms with Crippen molar-refractivity contribution in [3.63, 3.8) is 0 Å². The van der Waals surface area contributed by atoms with Gasteiger partial charge in [0, 0.05) is 5.56 Å². The Morgan fingerprint density at radius 3 is 2.62 bits per heavy atom. The Hall–Kier alpha value is -2.60. The molecule has 5 nitrogen and oxygen atoms in total. The fourth-order valence-electron chi connectivity index (χ4n) is 1.92. The Balaban J connectivity index is 2.10. The van der Waals surface area contributed by atoms with Gasteiger partial charge < -0.3 is 14.8 Å². The summed E-state index contributed by atoms with van der Waals surface area (Å²) in [6.07, 6.45) is -0.194. The number of halogens is 2. The van der Waals surface area contributed by atoms with E-state index in [4.69, 9.17) is 21.1 Å². The van der Waals surface area contributed by atoms with E-state index >= 15 is 0 Å². The molecule has 0 aromatic heterocycles. The van der Waals surface area contributed by atoms with Crippen molar-refractivity contribution in [3.8, 4) is 11.5 Å². The Bertz CT molecular complexity index is 766. The third-order valence-corrected chi connectivity index (χ3v) is 3.50. The molecule has 0 unspecified atom stereocenters. The summed E-state index contributed by atoms with van der Waals surface area (Å²) >= 11 is 5.87. The van der Waals surface area contributed by atoms with Crippen LogP contribution < -0.4 is 14.8 Å². The van der Waals surface area contributed by atoms with E-state index < -0.39 is 17.8 Å². The number of ether oxygens (including phenoxy) is 2.